The molecule has 0 bridgehead atoms. The number of hydrogen-bond acceptors (Lipinski definition) is 2. The molecule has 2 atom stereocenters. The minimum atomic E-state index is -0.266. The maximum Gasteiger partial charge on any atom is 0.146 e. The molecule has 0 aliphatic heterocycles. The van der Waals surface area contributed by atoms with Gasteiger partial charge in [0.15, 0.2) is 0 Å². The summed E-state index contributed by atoms with van der Waals surface area (Å²) >= 11 is 0. The lowest BCUT2D eigenvalue weighted by Crippen LogP contribution is -2.35. The summed E-state index contributed by atoms with van der Waals surface area (Å²) in [7, 11) is 0. The van der Waals surface area contributed by atoms with Gasteiger partial charge in [-0.1, -0.05) is 20.8 Å². The molecule has 0 aromatic heterocycles. The first-order valence-corrected chi connectivity index (χ1v) is 4.21. The highest BCUT2D eigenvalue weighted by molar-refractivity contribution is 5.81. The highest BCUT2D eigenvalue weighted by Crippen LogP contribution is 2.13. The molecule has 2 nitrogen and oxygen atoms in total. The Labute approximate surface area is 69.2 Å². The first-order chi connectivity index (χ1) is 4.95. The van der Waals surface area contributed by atoms with Crippen LogP contribution in [0.15, 0.2) is 0 Å². The van der Waals surface area contributed by atoms with Gasteiger partial charge in [0.1, 0.15) is 5.78 Å². The van der Waals surface area contributed by atoms with Crippen molar-refractivity contribution in [2.24, 2.45) is 17.6 Å². The molecule has 0 spiro atoms. The van der Waals surface area contributed by atoms with E-state index in [-0.39, 0.29) is 11.8 Å². The van der Waals surface area contributed by atoms with E-state index in [9.17, 15) is 4.79 Å². The summed E-state index contributed by atoms with van der Waals surface area (Å²) in [5.41, 5.74) is 5.66. The molecule has 0 aromatic rings. The highest BCUT2D eigenvalue weighted by Gasteiger charge is 2.17. The quantitative estimate of drug-likeness (QED) is 0.673. The first kappa shape index (κ1) is 10.6. The monoisotopic (exact) mass is 157 g/mol. The van der Waals surface area contributed by atoms with Crippen molar-refractivity contribution in [2.45, 2.75) is 40.2 Å². The van der Waals surface area contributed by atoms with E-state index in [2.05, 4.69) is 13.8 Å². The Bertz CT molecular complexity index is 132. The lowest BCUT2D eigenvalue weighted by molar-refractivity contribution is -0.119. The van der Waals surface area contributed by atoms with Crippen LogP contribution in [0.4, 0.5) is 0 Å². The van der Waals surface area contributed by atoms with Crippen molar-refractivity contribution in [1.82, 2.24) is 0 Å². The highest BCUT2D eigenvalue weighted by atomic mass is 16.1. The largest absolute Gasteiger partial charge is 0.321 e. The van der Waals surface area contributed by atoms with Crippen molar-refractivity contribution in [2.75, 3.05) is 0 Å². The van der Waals surface area contributed by atoms with Gasteiger partial charge in [-0.3, -0.25) is 4.79 Å². The molecule has 0 aliphatic carbocycles. The van der Waals surface area contributed by atoms with Crippen molar-refractivity contribution < 1.29 is 4.79 Å². The van der Waals surface area contributed by atoms with Gasteiger partial charge in [-0.2, -0.15) is 0 Å². The molecule has 11 heavy (non-hydrogen) atoms. The van der Waals surface area contributed by atoms with Gasteiger partial charge in [0.2, 0.25) is 0 Å². The standard InChI is InChI=1S/C9H19NO/c1-6(2)5-7(3)9(10)8(4)11/h6-7,9H,5,10H2,1-4H3/t7-,9+/m0/s1. The second kappa shape index (κ2) is 4.50. The zero-order valence-electron chi connectivity index (χ0n) is 7.92. The van der Waals surface area contributed by atoms with Gasteiger partial charge in [-0.05, 0) is 25.2 Å². The molecule has 0 aliphatic rings. The number of Topliss-reactive ketones (excluding diaryl/α,β-unsaturated/α-hetero) is 1. The fourth-order valence-corrected chi connectivity index (χ4v) is 1.29. The van der Waals surface area contributed by atoms with Gasteiger partial charge in [0, 0.05) is 0 Å². The van der Waals surface area contributed by atoms with Crippen LogP contribution in [0.1, 0.15) is 34.1 Å². The van der Waals surface area contributed by atoms with Crippen molar-refractivity contribution in [3.8, 4) is 0 Å². The normalized spacial score (nSPS) is 16.5. The number of carbonyl (C=O) groups excluding carboxylic acids is 1. The molecule has 0 radical (unpaired) electrons. The Morgan fingerprint density at radius 2 is 1.82 bits per heavy atom. The van der Waals surface area contributed by atoms with Crippen LogP contribution in [0.25, 0.3) is 0 Å². The maximum atomic E-state index is 10.8. The van der Waals surface area contributed by atoms with E-state index in [0.29, 0.717) is 11.8 Å². The Balaban J connectivity index is 3.82. The second-order valence-corrected chi connectivity index (χ2v) is 3.74. The minimum Gasteiger partial charge on any atom is -0.321 e. The van der Waals surface area contributed by atoms with Crippen molar-refractivity contribution in [3.63, 3.8) is 0 Å². The van der Waals surface area contributed by atoms with Crippen LogP contribution in [0.3, 0.4) is 0 Å². The summed E-state index contributed by atoms with van der Waals surface area (Å²) < 4.78 is 0. The minimum absolute atomic E-state index is 0.0955. The molecule has 66 valence electrons. The van der Waals surface area contributed by atoms with E-state index in [0.717, 1.165) is 6.42 Å². The number of carbonyl (C=O) groups is 1. The lowest BCUT2D eigenvalue weighted by Gasteiger charge is -2.18. The third kappa shape index (κ3) is 4.14. The van der Waals surface area contributed by atoms with Crippen LogP contribution in [0.5, 0.6) is 0 Å². The summed E-state index contributed by atoms with van der Waals surface area (Å²) in [4.78, 5) is 10.8. The number of hydrogen-bond donors (Lipinski definition) is 1. The molecule has 0 amide bonds. The molecule has 0 rings (SSSR count). The third-order valence-corrected chi connectivity index (χ3v) is 1.93. The fraction of sp³-hybridized carbons (Fsp3) is 0.889. The maximum absolute atomic E-state index is 10.8. The van der Waals surface area contributed by atoms with Gasteiger partial charge in [0.05, 0.1) is 6.04 Å². The average Bonchev–Trinajstić information content (AvgIpc) is 1.84. The van der Waals surface area contributed by atoms with E-state index < -0.39 is 0 Å². The van der Waals surface area contributed by atoms with Crippen LogP contribution >= 0.6 is 0 Å². The van der Waals surface area contributed by atoms with E-state index in [1.54, 1.807) is 6.92 Å². The molecular formula is C9H19NO. The predicted molar refractivity (Wildman–Crippen MR) is 47.3 cm³/mol. The Kier molecular flexibility index (Phi) is 4.34. The molecule has 0 fully saturated rings. The number of rotatable bonds is 4. The van der Waals surface area contributed by atoms with E-state index >= 15 is 0 Å². The van der Waals surface area contributed by atoms with Crippen molar-refractivity contribution in [1.29, 1.82) is 0 Å². The summed E-state index contributed by atoms with van der Waals surface area (Å²) in [5.74, 6) is 1.03. The van der Waals surface area contributed by atoms with Gasteiger partial charge in [-0.15, -0.1) is 0 Å². The van der Waals surface area contributed by atoms with Crippen molar-refractivity contribution in [3.05, 3.63) is 0 Å². The fourth-order valence-electron chi connectivity index (χ4n) is 1.29. The number of ketones is 1. The van der Waals surface area contributed by atoms with Crippen LogP contribution in [-0.2, 0) is 4.79 Å². The van der Waals surface area contributed by atoms with Crippen LogP contribution in [0, 0.1) is 11.8 Å². The lowest BCUT2D eigenvalue weighted by atomic mass is 9.91. The first-order valence-electron chi connectivity index (χ1n) is 4.21. The molecule has 2 N–H and O–H groups in total. The zero-order valence-corrected chi connectivity index (χ0v) is 7.92. The second-order valence-electron chi connectivity index (χ2n) is 3.74. The van der Waals surface area contributed by atoms with Gasteiger partial charge < -0.3 is 5.73 Å². The van der Waals surface area contributed by atoms with E-state index in [1.807, 2.05) is 6.92 Å². The summed E-state index contributed by atoms with van der Waals surface area (Å²) in [6.07, 6.45) is 1.03. The zero-order chi connectivity index (χ0) is 9.02. The molecule has 0 unspecified atom stereocenters. The van der Waals surface area contributed by atoms with E-state index in [1.165, 1.54) is 0 Å². The Morgan fingerprint density at radius 1 is 1.36 bits per heavy atom. The van der Waals surface area contributed by atoms with Crippen LogP contribution in [-0.4, -0.2) is 11.8 Å². The summed E-state index contributed by atoms with van der Waals surface area (Å²) in [6, 6.07) is -0.266. The van der Waals surface area contributed by atoms with Crippen LogP contribution in [0.2, 0.25) is 0 Å². The average molecular weight is 157 g/mol. The molecule has 0 heterocycles. The van der Waals surface area contributed by atoms with Gasteiger partial charge >= 0.3 is 0 Å². The molecular weight excluding hydrogens is 138 g/mol. The smallest absolute Gasteiger partial charge is 0.146 e. The van der Waals surface area contributed by atoms with Crippen LogP contribution < -0.4 is 5.73 Å². The Hall–Kier alpha value is -0.370. The Morgan fingerprint density at radius 3 is 2.09 bits per heavy atom. The molecule has 0 aromatic carbocycles. The summed E-state index contributed by atoms with van der Waals surface area (Å²) in [5, 5.41) is 0. The molecule has 0 saturated heterocycles. The summed E-state index contributed by atoms with van der Waals surface area (Å²) in [6.45, 7) is 7.88. The SMILES string of the molecule is CC(=O)[C@H](N)[C@@H](C)CC(C)C. The predicted octanol–water partition coefficient (Wildman–Crippen LogP) is 1.58. The van der Waals surface area contributed by atoms with Crippen molar-refractivity contribution >= 4 is 5.78 Å². The van der Waals surface area contributed by atoms with Gasteiger partial charge in [0.25, 0.3) is 0 Å². The van der Waals surface area contributed by atoms with Gasteiger partial charge in [-0.25, -0.2) is 0 Å². The molecule has 0 saturated carbocycles. The topological polar surface area (TPSA) is 43.1 Å². The van der Waals surface area contributed by atoms with E-state index in [4.69, 9.17) is 5.73 Å². The molecule has 2 heteroatoms. The number of nitrogens with two attached hydrogens (primary N) is 1. The third-order valence-electron chi connectivity index (χ3n) is 1.93.